The fourth-order valence-electron chi connectivity index (χ4n) is 2.56. The number of likely N-dealkylation sites (tertiary alicyclic amines) is 1. The molecule has 0 amide bonds. The van der Waals surface area contributed by atoms with Crippen LogP contribution >= 0.6 is 0 Å². The van der Waals surface area contributed by atoms with Crippen LogP contribution in [0.1, 0.15) is 32.1 Å². The molecule has 1 aliphatic carbocycles. The Bertz CT molecular complexity index is 333. The topological polar surface area (TPSA) is 39.1 Å². The fourth-order valence-corrected chi connectivity index (χ4v) is 2.56. The Labute approximate surface area is 111 Å². The van der Waals surface area contributed by atoms with Crippen molar-refractivity contribution < 1.29 is 13.2 Å². The summed E-state index contributed by atoms with van der Waals surface area (Å²) in [5, 5.41) is 12.2. The third kappa shape index (κ3) is 4.66. The van der Waals surface area contributed by atoms with Gasteiger partial charge >= 0.3 is 6.18 Å². The van der Waals surface area contributed by atoms with Crippen molar-refractivity contribution in [3.05, 3.63) is 0 Å². The number of nitriles is 1. The van der Waals surface area contributed by atoms with E-state index in [9.17, 15) is 13.2 Å². The maximum Gasteiger partial charge on any atom is 0.393 e. The number of halogens is 3. The van der Waals surface area contributed by atoms with Crippen LogP contribution in [-0.2, 0) is 0 Å². The molecule has 1 aliphatic heterocycles. The van der Waals surface area contributed by atoms with Crippen LogP contribution in [0.25, 0.3) is 0 Å². The minimum atomic E-state index is -4.08. The lowest BCUT2D eigenvalue weighted by atomic mass is 9.97. The Kier molecular flexibility index (Phi) is 4.69. The summed E-state index contributed by atoms with van der Waals surface area (Å²) in [5.74, 6) is -1.20. The van der Waals surface area contributed by atoms with Gasteiger partial charge in [-0.3, -0.25) is 5.32 Å². The molecule has 1 N–H and O–H groups in total. The maximum absolute atomic E-state index is 12.7. The van der Waals surface area contributed by atoms with Crippen molar-refractivity contribution in [2.75, 3.05) is 19.6 Å². The molecule has 1 saturated heterocycles. The summed E-state index contributed by atoms with van der Waals surface area (Å²) >= 11 is 0. The second-order valence-corrected chi connectivity index (χ2v) is 5.59. The van der Waals surface area contributed by atoms with Crippen molar-refractivity contribution in [1.29, 1.82) is 5.26 Å². The summed E-state index contributed by atoms with van der Waals surface area (Å²) in [6.45, 7) is 1.38. The summed E-state index contributed by atoms with van der Waals surface area (Å²) in [6, 6.07) is 2.42. The number of hydrogen-bond donors (Lipinski definition) is 1. The molecule has 0 radical (unpaired) electrons. The van der Waals surface area contributed by atoms with Crippen molar-refractivity contribution in [3.8, 4) is 6.07 Å². The lowest BCUT2D eigenvalue weighted by molar-refractivity contribution is -0.186. The van der Waals surface area contributed by atoms with Gasteiger partial charge < -0.3 is 4.90 Å². The van der Waals surface area contributed by atoms with E-state index in [1.54, 1.807) is 0 Å². The zero-order chi connectivity index (χ0) is 13.9. The number of alkyl halides is 3. The summed E-state index contributed by atoms with van der Waals surface area (Å²) in [4.78, 5) is 1.85. The second-order valence-electron chi connectivity index (χ2n) is 5.59. The van der Waals surface area contributed by atoms with Gasteiger partial charge in [-0.05, 0) is 38.6 Å². The Morgan fingerprint density at radius 1 is 1.32 bits per heavy atom. The van der Waals surface area contributed by atoms with Gasteiger partial charge in [0, 0.05) is 19.1 Å². The van der Waals surface area contributed by atoms with E-state index in [1.165, 1.54) is 0 Å². The van der Waals surface area contributed by atoms with E-state index < -0.39 is 12.1 Å². The highest BCUT2D eigenvalue weighted by Gasteiger charge is 2.41. The van der Waals surface area contributed by atoms with Gasteiger partial charge in [0.1, 0.15) is 0 Å². The molecule has 108 valence electrons. The smallest absolute Gasteiger partial charge is 0.303 e. The van der Waals surface area contributed by atoms with Crippen LogP contribution in [0.3, 0.4) is 0 Å². The Balaban J connectivity index is 1.74. The number of nitrogens with zero attached hydrogens (tertiary/aromatic N) is 2. The normalized spacial score (nSPS) is 26.9. The van der Waals surface area contributed by atoms with Crippen LogP contribution in [0.4, 0.5) is 13.2 Å². The zero-order valence-electron chi connectivity index (χ0n) is 10.9. The molecule has 2 unspecified atom stereocenters. The fraction of sp³-hybridized carbons (Fsp3) is 0.923. The molecule has 1 heterocycles. The highest BCUT2D eigenvalue weighted by atomic mass is 19.4. The molecule has 6 heteroatoms. The van der Waals surface area contributed by atoms with E-state index in [0.717, 1.165) is 12.8 Å². The van der Waals surface area contributed by atoms with Crippen LogP contribution in [-0.4, -0.2) is 42.8 Å². The maximum atomic E-state index is 12.7. The summed E-state index contributed by atoms with van der Waals surface area (Å²) in [6.07, 6.45) is -0.424. The first kappa shape index (κ1) is 14.6. The third-order valence-corrected chi connectivity index (χ3v) is 3.87. The van der Waals surface area contributed by atoms with Crippen LogP contribution in [0.2, 0.25) is 0 Å². The Morgan fingerprint density at radius 2 is 2.05 bits per heavy atom. The minimum absolute atomic E-state index is 0.0884. The molecule has 2 atom stereocenters. The molecular weight excluding hydrogens is 255 g/mol. The van der Waals surface area contributed by atoms with Crippen molar-refractivity contribution in [3.63, 3.8) is 0 Å². The second kappa shape index (κ2) is 6.10. The van der Waals surface area contributed by atoms with E-state index >= 15 is 0 Å². The molecule has 1 saturated carbocycles. The number of piperidine rings is 1. The van der Waals surface area contributed by atoms with Gasteiger partial charge in [0.25, 0.3) is 0 Å². The number of rotatable bonds is 5. The van der Waals surface area contributed by atoms with Crippen LogP contribution in [0.15, 0.2) is 0 Å². The van der Waals surface area contributed by atoms with E-state index in [-0.39, 0.29) is 19.0 Å². The molecule has 19 heavy (non-hydrogen) atoms. The Morgan fingerprint density at radius 3 is 2.63 bits per heavy atom. The minimum Gasteiger partial charge on any atom is -0.303 e. The molecule has 0 aromatic rings. The Hall–Kier alpha value is -0.800. The third-order valence-electron chi connectivity index (χ3n) is 3.87. The molecule has 3 nitrogen and oxygen atoms in total. The van der Waals surface area contributed by atoms with Gasteiger partial charge in [-0.15, -0.1) is 0 Å². The van der Waals surface area contributed by atoms with Crippen molar-refractivity contribution in [2.45, 2.75) is 50.4 Å². The lowest BCUT2D eigenvalue weighted by Crippen LogP contribution is -2.43. The largest absolute Gasteiger partial charge is 0.393 e. The van der Waals surface area contributed by atoms with Gasteiger partial charge in [0.05, 0.1) is 18.0 Å². The van der Waals surface area contributed by atoms with E-state index in [4.69, 9.17) is 5.26 Å². The molecule has 0 bridgehead atoms. The lowest BCUT2D eigenvalue weighted by Gasteiger charge is -2.34. The molecule has 0 aromatic carbocycles. The van der Waals surface area contributed by atoms with Crippen LogP contribution in [0.5, 0.6) is 0 Å². The first-order chi connectivity index (χ1) is 8.99. The van der Waals surface area contributed by atoms with Gasteiger partial charge in [-0.1, -0.05) is 0 Å². The van der Waals surface area contributed by atoms with Gasteiger partial charge in [0.2, 0.25) is 0 Å². The summed E-state index contributed by atoms with van der Waals surface area (Å²) < 4.78 is 38.0. The van der Waals surface area contributed by atoms with Crippen LogP contribution in [0, 0.1) is 17.2 Å². The van der Waals surface area contributed by atoms with E-state index in [0.29, 0.717) is 32.0 Å². The number of nitrogens with one attached hydrogen (secondary N) is 1. The average Bonchev–Trinajstić information content (AvgIpc) is 3.17. The SMILES string of the molecule is N#CC(CCN1CCCC(C(F)(F)F)C1)NC1CC1. The predicted octanol–water partition coefficient (Wildman–Crippen LogP) is 2.29. The summed E-state index contributed by atoms with van der Waals surface area (Å²) in [7, 11) is 0. The number of hydrogen-bond acceptors (Lipinski definition) is 3. The van der Waals surface area contributed by atoms with Crippen molar-refractivity contribution in [1.82, 2.24) is 10.2 Å². The first-order valence-electron chi connectivity index (χ1n) is 6.94. The monoisotopic (exact) mass is 275 g/mol. The molecule has 2 aliphatic rings. The van der Waals surface area contributed by atoms with E-state index in [1.807, 2.05) is 4.90 Å². The molecule has 0 spiro atoms. The molecular formula is C13H20F3N3. The zero-order valence-corrected chi connectivity index (χ0v) is 10.9. The standard InChI is InChI=1S/C13H20F3N3/c14-13(15,16)10-2-1-6-19(9-10)7-5-12(8-17)18-11-3-4-11/h10-12,18H,1-7,9H2. The van der Waals surface area contributed by atoms with Gasteiger partial charge in [-0.25, -0.2) is 0 Å². The first-order valence-corrected chi connectivity index (χ1v) is 6.94. The van der Waals surface area contributed by atoms with Crippen LogP contribution < -0.4 is 5.32 Å². The van der Waals surface area contributed by atoms with Gasteiger partial charge in [0.15, 0.2) is 0 Å². The molecule has 0 aromatic heterocycles. The predicted molar refractivity (Wildman–Crippen MR) is 65.4 cm³/mol. The highest BCUT2D eigenvalue weighted by molar-refractivity contribution is 4.96. The molecule has 2 fully saturated rings. The van der Waals surface area contributed by atoms with Crippen molar-refractivity contribution in [2.24, 2.45) is 5.92 Å². The summed E-state index contributed by atoms with van der Waals surface area (Å²) in [5.41, 5.74) is 0. The van der Waals surface area contributed by atoms with Gasteiger partial charge in [-0.2, -0.15) is 18.4 Å². The van der Waals surface area contributed by atoms with E-state index in [2.05, 4.69) is 11.4 Å². The quantitative estimate of drug-likeness (QED) is 0.836. The highest BCUT2D eigenvalue weighted by Crippen LogP contribution is 2.33. The average molecular weight is 275 g/mol. The van der Waals surface area contributed by atoms with Crippen molar-refractivity contribution >= 4 is 0 Å². The molecule has 2 rings (SSSR count).